The van der Waals surface area contributed by atoms with Crippen LogP contribution in [0.2, 0.25) is 4.34 Å². The lowest BCUT2D eigenvalue weighted by atomic mass is 9.77. The zero-order chi connectivity index (χ0) is 14.6. The minimum atomic E-state index is 0.0185. The first-order valence-corrected chi connectivity index (χ1v) is 8.29. The number of thiophene rings is 1. The third-order valence-electron chi connectivity index (χ3n) is 3.72. The Balaban J connectivity index is 2.35. The van der Waals surface area contributed by atoms with E-state index in [9.17, 15) is 0 Å². The van der Waals surface area contributed by atoms with Crippen molar-refractivity contribution in [2.24, 2.45) is 0 Å². The van der Waals surface area contributed by atoms with Gasteiger partial charge < -0.3 is 5.32 Å². The molecule has 2 aromatic rings. The van der Waals surface area contributed by atoms with Crippen molar-refractivity contribution in [2.45, 2.75) is 38.6 Å². The Morgan fingerprint density at radius 3 is 2.40 bits per heavy atom. The Morgan fingerprint density at radius 1 is 1.15 bits per heavy atom. The summed E-state index contributed by atoms with van der Waals surface area (Å²) >= 11 is 7.80. The fourth-order valence-electron chi connectivity index (χ4n) is 2.52. The SMILES string of the molecule is CCCNC(c1ccc(Cl)s1)C(C)(C)c1ccccc1. The fraction of sp³-hybridized carbons (Fsp3) is 0.412. The van der Waals surface area contributed by atoms with Crippen LogP contribution in [0.3, 0.4) is 0 Å². The molecule has 0 saturated heterocycles. The molecule has 1 unspecified atom stereocenters. The van der Waals surface area contributed by atoms with Crippen LogP contribution in [0.15, 0.2) is 42.5 Å². The third-order valence-corrected chi connectivity index (χ3v) is 5.01. The highest BCUT2D eigenvalue weighted by atomic mass is 35.5. The first-order valence-electron chi connectivity index (χ1n) is 7.10. The summed E-state index contributed by atoms with van der Waals surface area (Å²) in [4.78, 5) is 1.30. The normalized spacial score (nSPS) is 13.4. The van der Waals surface area contributed by atoms with Gasteiger partial charge in [0.15, 0.2) is 0 Å². The standard InChI is InChI=1S/C17H22ClNS/c1-4-12-19-16(14-10-11-15(18)20-14)17(2,3)13-8-6-5-7-9-13/h5-11,16,19H,4,12H2,1-3H3. The summed E-state index contributed by atoms with van der Waals surface area (Å²) in [7, 11) is 0. The van der Waals surface area contributed by atoms with Gasteiger partial charge in [0.05, 0.1) is 10.4 Å². The summed E-state index contributed by atoms with van der Waals surface area (Å²) in [5.41, 5.74) is 1.36. The lowest BCUT2D eigenvalue weighted by molar-refractivity contribution is 0.353. The van der Waals surface area contributed by atoms with Crippen LogP contribution in [-0.4, -0.2) is 6.54 Å². The Hall–Kier alpha value is -0.830. The lowest BCUT2D eigenvalue weighted by Crippen LogP contribution is -2.37. The maximum Gasteiger partial charge on any atom is 0.0931 e. The van der Waals surface area contributed by atoms with Gasteiger partial charge in [-0.2, -0.15) is 0 Å². The molecular formula is C17H22ClNS. The quantitative estimate of drug-likeness (QED) is 0.751. The van der Waals surface area contributed by atoms with Crippen molar-refractivity contribution in [1.29, 1.82) is 0 Å². The van der Waals surface area contributed by atoms with Crippen molar-refractivity contribution in [1.82, 2.24) is 5.32 Å². The van der Waals surface area contributed by atoms with E-state index in [-0.39, 0.29) is 11.5 Å². The largest absolute Gasteiger partial charge is 0.309 e. The van der Waals surface area contributed by atoms with Gasteiger partial charge in [0.2, 0.25) is 0 Å². The van der Waals surface area contributed by atoms with Crippen molar-refractivity contribution in [3.63, 3.8) is 0 Å². The monoisotopic (exact) mass is 307 g/mol. The summed E-state index contributed by atoms with van der Waals surface area (Å²) in [6, 6.07) is 15.1. The molecule has 1 aromatic heterocycles. The number of nitrogens with one attached hydrogen (secondary N) is 1. The zero-order valence-electron chi connectivity index (χ0n) is 12.3. The third kappa shape index (κ3) is 3.43. The van der Waals surface area contributed by atoms with Crippen molar-refractivity contribution in [3.05, 3.63) is 57.2 Å². The maximum atomic E-state index is 6.13. The molecule has 1 heterocycles. The van der Waals surface area contributed by atoms with Gasteiger partial charge in [-0.1, -0.05) is 62.7 Å². The number of benzene rings is 1. The van der Waals surface area contributed by atoms with Crippen LogP contribution >= 0.6 is 22.9 Å². The molecule has 0 bridgehead atoms. The lowest BCUT2D eigenvalue weighted by Gasteiger charge is -2.35. The first-order chi connectivity index (χ1) is 9.55. The van der Waals surface area contributed by atoms with Gasteiger partial charge in [-0.3, -0.25) is 0 Å². The molecule has 1 atom stereocenters. The zero-order valence-corrected chi connectivity index (χ0v) is 13.9. The molecule has 2 rings (SSSR count). The molecule has 0 fully saturated rings. The van der Waals surface area contributed by atoms with E-state index in [1.165, 1.54) is 10.4 Å². The number of hydrogen-bond donors (Lipinski definition) is 1. The average Bonchev–Trinajstić information content (AvgIpc) is 2.86. The first kappa shape index (κ1) is 15.6. The molecule has 1 aromatic carbocycles. The molecule has 0 radical (unpaired) electrons. The fourth-order valence-corrected chi connectivity index (χ4v) is 3.84. The van der Waals surface area contributed by atoms with Crippen molar-refractivity contribution in [2.75, 3.05) is 6.54 Å². The van der Waals surface area contributed by atoms with Crippen LogP contribution in [0.1, 0.15) is 43.7 Å². The molecule has 0 spiro atoms. The minimum absolute atomic E-state index is 0.0185. The van der Waals surface area contributed by atoms with Gasteiger partial charge >= 0.3 is 0 Å². The molecule has 0 aliphatic carbocycles. The highest BCUT2D eigenvalue weighted by Gasteiger charge is 2.32. The Bertz CT molecular complexity index is 533. The minimum Gasteiger partial charge on any atom is -0.309 e. The summed E-state index contributed by atoms with van der Waals surface area (Å²) in [5.74, 6) is 0. The van der Waals surface area contributed by atoms with Gasteiger partial charge in [-0.15, -0.1) is 11.3 Å². The summed E-state index contributed by atoms with van der Waals surface area (Å²) in [6.45, 7) is 7.80. The molecule has 20 heavy (non-hydrogen) atoms. The Morgan fingerprint density at radius 2 is 1.85 bits per heavy atom. The molecule has 1 N–H and O–H groups in total. The van der Waals surface area contributed by atoms with E-state index in [1.54, 1.807) is 11.3 Å². The predicted molar refractivity (Wildman–Crippen MR) is 89.8 cm³/mol. The highest BCUT2D eigenvalue weighted by molar-refractivity contribution is 7.16. The van der Waals surface area contributed by atoms with E-state index in [4.69, 9.17) is 11.6 Å². The summed E-state index contributed by atoms with van der Waals surface area (Å²) < 4.78 is 0.854. The number of hydrogen-bond acceptors (Lipinski definition) is 2. The topological polar surface area (TPSA) is 12.0 Å². The molecule has 0 aliphatic heterocycles. The van der Waals surface area contributed by atoms with Crippen molar-refractivity contribution >= 4 is 22.9 Å². The smallest absolute Gasteiger partial charge is 0.0931 e. The van der Waals surface area contributed by atoms with Crippen LogP contribution in [0, 0.1) is 0 Å². The summed E-state index contributed by atoms with van der Waals surface area (Å²) in [5, 5.41) is 3.69. The van der Waals surface area contributed by atoms with E-state index in [1.807, 2.05) is 6.07 Å². The Labute approximate surface area is 131 Å². The van der Waals surface area contributed by atoms with Crippen molar-refractivity contribution in [3.8, 4) is 0 Å². The van der Waals surface area contributed by atoms with Gasteiger partial charge in [-0.25, -0.2) is 0 Å². The van der Waals surface area contributed by atoms with Crippen molar-refractivity contribution < 1.29 is 0 Å². The molecule has 1 nitrogen and oxygen atoms in total. The maximum absolute atomic E-state index is 6.13. The molecular weight excluding hydrogens is 286 g/mol. The van der Waals surface area contributed by atoms with E-state index in [0.29, 0.717) is 0 Å². The van der Waals surface area contributed by atoms with E-state index in [0.717, 1.165) is 17.3 Å². The predicted octanol–water partition coefficient (Wildman–Crippen LogP) is 5.42. The molecule has 108 valence electrons. The van der Waals surface area contributed by atoms with Gasteiger partial charge in [-0.05, 0) is 30.7 Å². The van der Waals surface area contributed by atoms with Crippen LogP contribution in [0.5, 0.6) is 0 Å². The highest BCUT2D eigenvalue weighted by Crippen LogP contribution is 2.40. The molecule has 0 amide bonds. The molecule has 0 saturated carbocycles. The van der Waals surface area contributed by atoms with E-state index >= 15 is 0 Å². The summed E-state index contributed by atoms with van der Waals surface area (Å²) in [6.07, 6.45) is 1.13. The van der Waals surface area contributed by atoms with Gasteiger partial charge in [0, 0.05) is 10.3 Å². The second-order valence-electron chi connectivity index (χ2n) is 5.62. The van der Waals surface area contributed by atoms with Crippen LogP contribution in [0.25, 0.3) is 0 Å². The van der Waals surface area contributed by atoms with Gasteiger partial charge in [0.25, 0.3) is 0 Å². The second kappa shape index (κ2) is 6.75. The van der Waals surface area contributed by atoms with Gasteiger partial charge in [0.1, 0.15) is 0 Å². The van der Waals surface area contributed by atoms with Crippen LogP contribution in [-0.2, 0) is 5.41 Å². The Kier molecular flexibility index (Phi) is 5.25. The second-order valence-corrected chi connectivity index (χ2v) is 7.36. The molecule has 3 heteroatoms. The molecule has 0 aliphatic rings. The number of halogens is 1. The number of rotatable bonds is 6. The van der Waals surface area contributed by atoms with Crippen LogP contribution in [0.4, 0.5) is 0 Å². The van der Waals surface area contributed by atoms with E-state index in [2.05, 4.69) is 62.5 Å². The average molecular weight is 308 g/mol. The van der Waals surface area contributed by atoms with E-state index < -0.39 is 0 Å². The van der Waals surface area contributed by atoms with Crippen LogP contribution < -0.4 is 5.32 Å².